The molecule has 3 heteroatoms. The molecule has 0 aromatic rings. The molecular formula is C5H9Cl2N. The van der Waals surface area contributed by atoms with Crippen molar-refractivity contribution in [3.05, 3.63) is 0 Å². The highest BCUT2D eigenvalue weighted by molar-refractivity contribution is 6.50. The van der Waals surface area contributed by atoms with Crippen LogP contribution in [0.5, 0.6) is 0 Å². The van der Waals surface area contributed by atoms with Gasteiger partial charge in [-0.15, -0.1) is 23.2 Å². The Hall–Kier alpha value is 0.540. The summed E-state index contributed by atoms with van der Waals surface area (Å²) < 4.78 is 20.0. The standard InChI is InChI=1S/C5H9Cl2N/c1-3(8)4-2-5(4,6)7/h3-4H,2,8H2,1H3/t3-,4-/m1/s1/i1D3. The van der Waals surface area contributed by atoms with Crippen molar-refractivity contribution in [3.8, 4) is 0 Å². The van der Waals surface area contributed by atoms with Gasteiger partial charge in [0, 0.05) is 16.1 Å². The van der Waals surface area contributed by atoms with E-state index in [0.29, 0.717) is 6.42 Å². The third-order valence-corrected chi connectivity index (χ3v) is 2.18. The van der Waals surface area contributed by atoms with Gasteiger partial charge in [-0.1, -0.05) is 0 Å². The number of rotatable bonds is 1. The second kappa shape index (κ2) is 1.76. The zero-order valence-electron chi connectivity index (χ0n) is 7.20. The van der Waals surface area contributed by atoms with E-state index in [4.69, 9.17) is 33.0 Å². The highest BCUT2D eigenvalue weighted by Gasteiger charge is 2.53. The van der Waals surface area contributed by atoms with Gasteiger partial charge < -0.3 is 5.73 Å². The monoisotopic (exact) mass is 156 g/mol. The molecule has 1 fully saturated rings. The Balaban J connectivity index is 2.52. The van der Waals surface area contributed by atoms with Crippen LogP contribution in [0.15, 0.2) is 0 Å². The molecule has 0 bridgehead atoms. The SMILES string of the molecule is [2H]C([2H])([2H])[C@@H](N)[C@H]1CC1(Cl)Cl. The lowest BCUT2D eigenvalue weighted by Crippen LogP contribution is -2.20. The van der Waals surface area contributed by atoms with Crippen LogP contribution in [0, 0.1) is 5.92 Å². The smallest absolute Gasteiger partial charge is 0.123 e. The van der Waals surface area contributed by atoms with E-state index in [0.717, 1.165) is 0 Å². The van der Waals surface area contributed by atoms with E-state index >= 15 is 0 Å². The average molecular weight is 157 g/mol. The van der Waals surface area contributed by atoms with Crippen molar-refractivity contribution >= 4 is 23.2 Å². The first-order chi connectivity index (χ1) is 4.75. The molecule has 1 rings (SSSR count). The van der Waals surface area contributed by atoms with Crippen molar-refractivity contribution in [3.63, 3.8) is 0 Å². The van der Waals surface area contributed by atoms with Crippen LogP contribution < -0.4 is 5.73 Å². The van der Waals surface area contributed by atoms with Gasteiger partial charge >= 0.3 is 0 Å². The van der Waals surface area contributed by atoms with Gasteiger partial charge in [0.25, 0.3) is 0 Å². The third-order valence-electron chi connectivity index (χ3n) is 1.31. The molecular weight excluding hydrogens is 145 g/mol. The molecule has 0 amide bonds. The van der Waals surface area contributed by atoms with Gasteiger partial charge in [-0.3, -0.25) is 0 Å². The Bertz CT molecular complexity index is 168. The van der Waals surface area contributed by atoms with E-state index in [1.54, 1.807) is 0 Å². The first-order valence-corrected chi connectivity index (χ1v) is 3.14. The Morgan fingerprint density at radius 2 is 2.50 bits per heavy atom. The predicted molar refractivity (Wildman–Crippen MR) is 36.2 cm³/mol. The topological polar surface area (TPSA) is 26.0 Å². The second-order valence-corrected chi connectivity index (χ2v) is 3.64. The first kappa shape index (κ1) is 3.65. The van der Waals surface area contributed by atoms with E-state index in [1.807, 2.05) is 0 Å². The maximum Gasteiger partial charge on any atom is 0.123 e. The van der Waals surface area contributed by atoms with E-state index in [9.17, 15) is 0 Å². The zero-order chi connectivity index (χ0) is 8.86. The van der Waals surface area contributed by atoms with Crippen molar-refractivity contribution in [1.29, 1.82) is 0 Å². The lowest BCUT2D eigenvalue weighted by molar-refractivity contribution is 0.643. The van der Waals surface area contributed by atoms with E-state index < -0.39 is 17.2 Å². The second-order valence-electron chi connectivity index (χ2n) is 2.10. The Kier molecular flexibility index (Phi) is 0.802. The zero-order valence-corrected chi connectivity index (χ0v) is 5.71. The molecule has 0 aromatic heterocycles. The minimum atomic E-state index is -2.14. The van der Waals surface area contributed by atoms with E-state index in [-0.39, 0.29) is 5.92 Å². The first-order valence-electron chi connectivity index (χ1n) is 3.88. The van der Waals surface area contributed by atoms with Crippen LogP contribution in [0.2, 0.25) is 0 Å². The molecule has 2 N–H and O–H groups in total. The van der Waals surface area contributed by atoms with Crippen LogP contribution in [0.4, 0.5) is 0 Å². The van der Waals surface area contributed by atoms with Crippen LogP contribution in [0.25, 0.3) is 0 Å². The molecule has 1 aliphatic carbocycles. The molecule has 1 saturated carbocycles. The Morgan fingerprint density at radius 3 is 2.62 bits per heavy atom. The van der Waals surface area contributed by atoms with Crippen LogP contribution >= 0.6 is 23.2 Å². The molecule has 1 nitrogen and oxygen atoms in total. The molecule has 0 radical (unpaired) electrons. The molecule has 1 aliphatic rings. The Labute approximate surface area is 63.4 Å². The van der Waals surface area contributed by atoms with Gasteiger partial charge in [0.2, 0.25) is 0 Å². The predicted octanol–water partition coefficient (Wildman–Crippen LogP) is 1.53. The number of hydrogen-bond donors (Lipinski definition) is 1. The maximum atomic E-state index is 6.98. The molecule has 48 valence electrons. The van der Waals surface area contributed by atoms with E-state index in [1.165, 1.54) is 0 Å². The minimum Gasteiger partial charge on any atom is -0.328 e. The summed E-state index contributed by atoms with van der Waals surface area (Å²) in [5, 5.41) is 0. The summed E-state index contributed by atoms with van der Waals surface area (Å²) in [4.78, 5) is 0. The van der Waals surface area contributed by atoms with Crippen LogP contribution in [-0.2, 0) is 0 Å². The van der Waals surface area contributed by atoms with Crippen molar-refractivity contribution in [2.75, 3.05) is 0 Å². The third kappa shape index (κ3) is 1.09. The van der Waals surface area contributed by atoms with Crippen LogP contribution in [0.1, 0.15) is 17.4 Å². The van der Waals surface area contributed by atoms with Crippen molar-refractivity contribution in [1.82, 2.24) is 0 Å². The molecule has 2 atom stereocenters. The minimum absolute atomic E-state index is 0.279. The number of nitrogens with two attached hydrogens (primary N) is 1. The van der Waals surface area contributed by atoms with Gasteiger partial charge in [-0.25, -0.2) is 0 Å². The summed E-state index contributed by atoms with van der Waals surface area (Å²) in [6.45, 7) is -2.14. The van der Waals surface area contributed by atoms with Gasteiger partial charge in [-0.05, 0) is 13.3 Å². The lowest BCUT2D eigenvalue weighted by atomic mass is 10.2. The summed E-state index contributed by atoms with van der Waals surface area (Å²) in [6, 6.07) is -0.891. The fourth-order valence-corrected chi connectivity index (χ4v) is 1.23. The van der Waals surface area contributed by atoms with Gasteiger partial charge in [0.15, 0.2) is 0 Å². The summed E-state index contributed by atoms with van der Waals surface area (Å²) in [5.74, 6) is -0.279. The summed E-state index contributed by atoms with van der Waals surface area (Å²) in [5.41, 5.74) is 5.40. The molecule has 0 aromatic carbocycles. The van der Waals surface area contributed by atoms with Crippen molar-refractivity contribution in [2.45, 2.75) is 23.6 Å². The highest BCUT2D eigenvalue weighted by Crippen LogP contribution is 2.54. The van der Waals surface area contributed by atoms with Gasteiger partial charge in [0.1, 0.15) is 4.33 Å². The van der Waals surface area contributed by atoms with Gasteiger partial charge in [-0.2, -0.15) is 0 Å². The van der Waals surface area contributed by atoms with Gasteiger partial charge in [0.05, 0.1) is 0 Å². The molecule has 0 unspecified atom stereocenters. The summed E-state index contributed by atoms with van der Waals surface area (Å²) in [7, 11) is 0. The highest BCUT2D eigenvalue weighted by atomic mass is 35.5. The molecule has 8 heavy (non-hydrogen) atoms. The average Bonchev–Trinajstić information content (AvgIpc) is 2.36. The van der Waals surface area contributed by atoms with Crippen molar-refractivity contribution in [2.24, 2.45) is 11.7 Å². The molecule has 0 spiro atoms. The number of halogens is 2. The van der Waals surface area contributed by atoms with Crippen molar-refractivity contribution < 1.29 is 4.11 Å². The summed E-state index contributed by atoms with van der Waals surface area (Å²) in [6.07, 6.45) is 0.482. The quantitative estimate of drug-likeness (QED) is 0.574. The summed E-state index contributed by atoms with van der Waals surface area (Å²) >= 11 is 11.3. The fraction of sp³-hybridized carbons (Fsp3) is 1.00. The fourth-order valence-electron chi connectivity index (χ4n) is 0.624. The molecule has 0 aliphatic heterocycles. The number of hydrogen-bond acceptors (Lipinski definition) is 1. The number of alkyl halides is 2. The Morgan fingerprint density at radius 1 is 2.00 bits per heavy atom. The lowest BCUT2D eigenvalue weighted by Gasteiger charge is -2.01. The normalized spacial score (nSPS) is 43.9. The largest absolute Gasteiger partial charge is 0.328 e. The van der Waals surface area contributed by atoms with Crippen LogP contribution in [0.3, 0.4) is 0 Å². The molecule has 0 heterocycles. The van der Waals surface area contributed by atoms with E-state index in [2.05, 4.69) is 0 Å². The maximum absolute atomic E-state index is 6.98. The van der Waals surface area contributed by atoms with Crippen LogP contribution in [-0.4, -0.2) is 10.4 Å². The molecule has 0 saturated heterocycles.